The van der Waals surface area contributed by atoms with Gasteiger partial charge in [0.2, 0.25) is 17.7 Å². The maximum absolute atomic E-state index is 12.8. The Hall–Kier alpha value is -2.24. The van der Waals surface area contributed by atoms with Gasteiger partial charge in [-0.2, -0.15) is 0 Å². The summed E-state index contributed by atoms with van der Waals surface area (Å²) >= 11 is 0. The highest BCUT2D eigenvalue weighted by Gasteiger charge is 2.32. The summed E-state index contributed by atoms with van der Waals surface area (Å²) < 4.78 is 0. The molecule has 32 heavy (non-hydrogen) atoms. The van der Waals surface area contributed by atoms with Crippen LogP contribution in [0.2, 0.25) is 0 Å². The predicted molar refractivity (Wildman–Crippen MR) is 120 cm³/mol. The topological polar surface area (TPSA) is 197 Å². The molecule has 3 amide bonds. The second-order valence-electron chi connectivity index (χ2n) is 8.54. The van der Waals surface area contributed by atoms with Crippen LogP contribution in [0.3, 0.4) is 0 Å². The van der Waals surface area contributed by atoms with Gasteiger partial charge >= 0.3 is 5.97 Å². The summed E-state index contributed by atoms with van der Waals surface area (Å²) in [4.78, 5) is 49.2. The zero-order chi connectivity index (χ0) is 24.8. The molecule has 0 aliphatic carbocycles. The van der Waals surface area contributed by atoms with E-state index in [0.29, 0.717) is 32.2 Å². The van der Waals surface area contributed by atoms with Crippen molar-refractivity contribution in [3.8, 4) is 0 Å². The van der Waals surface area contributed by atoms with E-state index in [4.69, 9.17) is 11.5 Å². The Labute approximate surface area is 190 Å². The van der Waals surface area contributed by atoms with Crippen LogP contribution in [0, 0.1) is 11.8 Å². The van der Waals surface area contributed by atoms with Crippen molar-refractivity contribution in [3.63, 3.8) is 0 Å². The van der Waals surface area contributed by atoms with Gasteiger partial charge in [0.15, 0.2) is 0 Å². The number of carbonyl (C=O) groups excluding carboxylic acids is 3. The van der Waals surface area contributed by atoms with Crippen LogP contribution in [-0.4, -0.2) is 71.2 Å². The Morgan fingerprint density at radius 3 is 1.97 bits per heavy atom. The lowest BCUT2D eigenvalue weighted by molar-refractivity contribution is -0.143. The average Bonchev–Trinajstić information content (AvgIpc) is 2.73. The van der Waals surface area contributed by atoms with Crippen molar-refractivity contribution in [1.82, 2.24) is 16.0 Å². The molecule has 9 N–H and O–H groups in total. The third kappa shape index (κ3) is 10.9. The standard InChI is InChI=1S/C21H41N5O6/c1-5-13(4)17(20(30)24-15(21(31)32)8-6-7-9-22)26-19(29)16(11-27)25-18(28)14(23)10-12(2)3/h12-17,27H,5-11,22-23H2,1-4H3,(H,24,30)(H,25,28)(H,26,29)(H,31,32). The van der Waals surface area contributed by atoms with E-state index in [9.17, 15) is 29.4 Å². The molecule has 0 saturated carbocycles. The number of hydrogen-bond acceptors (Lipinski definition) is 7. The Balaban J connectivity index is 5.25. The van der Waals surface area contributed by atoms with Crippen LogP contribution in [-0.2, 0) is 19.2 Å². The number of rotatable bonds is 16. The second kappa shape index (κ2) is 15.5. The number of carbonyl (C=O) groups is 4. The maximum Gasteiger partial charge on any atom is 0.326 e. The minimum absolute atomic E-state index is 0.169. The Morgan fingerprint density at radius 2 is 1.50 bits per heavy atom. The van der Waals surface area contributed by atoms with E-state index in [1.807, 2.05) is 20.8 Å². The molecule has 0 aromatic rings. The number of aliphatic carboxylic acids is 1. The van der Waals surface area contributed by atoms with Gasteiger partial charge in [0.25, 0.3) is 0 Å². The lowest BCUT2D eigenvalue weighted by Gasteiger charge is -2.27. The molecular formula is C21H41N5O6. The van der Waals surface area contributed by atoms with Crippen LogP contribution in [0.1, 0.15) is 59.8 Å². The largest absolute Gasteiger partial charge is 0.480 e. The number of aliphatic hydroxyl groups is 1. The Morgan fingerprint density at radius 1 is 0.906 bits per heavy atom. The third-order valence-electron chi connectivity index (χ3n) is 5.23. The molecule has 0 fully saturated rings. The highest BCUT2D eigenvalue weighted by atomic mass is 16.4. The van der Waals surface area contributed by atoms with E-state index in [1.165, 1.54) is 0 Å². The van der Waals surface area contributed by atoms with Crippen molar-refractivity contribution < 1.29 is 29.4 Å². The first-order valence-corrected chi connectivity index (χ1v) is 11.2. The van der Waals surface area contributed by atoms with Gasteiger partial charge in [-0.05, 0) is 44.1 Å². The molecule has 0 aromatic carbocycles. The SMILES string of the molecule is CCC(C)C(NC(=O)C(CO)NC(=O)C(N)CC(C)C)C(=O)NC(CCCCN)C(=O)O. The third-order valence-corrected chi connectivity index (χ3v) is 5.23. The first kappa shape index (κ1) is 29.8. The fraction of sp³-hybridized carbons (Fsp3) is 0.810. The second-order valence-corrected chi connectivity index (χ2v) is 8.54. The lowest BCUT2D eigenvalue weighted by Crippen LogP contribution is -2.59. The fourth-order valence-electron chi connectivity index (χ4n) is 3.06. The van der Waals surface area contributed by atoms with E-state index in [-0.39, 0.29) is 18.3 Å². The number of unbranched alkanes of at least 4 members (excludes halogenated alkanes) is 1. The number of hydrogen-bond donors (Lipinski definition) is 7. The first-order valence-electron chi connectivity index (χ1n) is 11.2. The normalized spacial score (nSPS) is 15.9. The van der Waals surface area contributed by atoms with Crippen LogP contribution in [0.15, 0.2) is 0 Å². The molecule has 0 aromatic heterocycles. The quantitative estimate of drug-likeness (QED) is 0.144. The molecule has 186 valence electrons. The van der Waals surface area contributed by atoms with Crippen LogP contribution in [0.25, 0.3) is 0 Å². The number of aliphatic hydroxyl groups excluding tert-OH is 1. The maximum atomic E-state index is 12.8. The van der Waals surface area contributed by atoms with Crippen molar-refractivity contribution in [1.29, 1.82) is 0 Å². The minimum Gasteiger partial charge on any atom is -0.480 e. The minimum atomic E-state index is -1.29. The van der Waals surface area contributed by atoms with E-state index in [2.05, 4.69) is 16.0 Å². The monoisotopic (exact) mass is 459 g/mol. The molecule has 11 heteroatoms. The van der Waals surface area contributed by atoms with E-state index in [0.717, 1.165) is 0 Å². The molecule has 5 atom stereocenters. The van der Waals surface area contributed by atoms with Crippen LogP contribution < -0.4 is 27.4 Å². The summed E-state index contributed by atoms with van der Waals surface area (Å²) in [7, 11) is 0. The summed E-state index contributed by atoms with van der Waals surface area (Å²) in [5.74, 6) is -3.31. The van der Waals surface area contributed by atoms with Gasteiger partial charge in [0.1, 0.15) is 18.1 Å². The van der Waals surface area contributed by atoms with Gasteiger partial charge < -0.3 is 37.6 Å². The van der Waals surface area contributed by atoms with Crippen LogP contribution in [0.4, 0.5) is 0 Å². The lowest BCUT2D eigenvalue weighted by atomic mass is 9.97. The summed E-state index contributed by atoms with van der Waals surface area (Å²) in [6, 6.07) is -4.28. The fourth-order valence-corrected chi connectivity index (χ4v) is 3.06. The molecule has 0 saturated heterocycles. The molecule has 0 aliphatic rings. The van der Waals surface area contributed by atoms with Gasteiger partial charge in [-0.3, -0.25) is 14.4 Å². The average molecular weight is 460 g/mol. The van der Waals surface area contributed by atoms with Crippen molar-refractivity contribution in [2.75, 3.05) is 13.2 Å². The van der Waals surface area contributed by atoms with E-state index < -0.39 is 54.5 Å². The van der Waals surface area contributed by atoms with Gasteiger partial charge in [-0.15, -0.1) is 0 Å². The molecule has 0 rings (SSSR count). The predicted octanol–water partition coefficient (Wildman–Crippen LogP) is -0.934. The zero-order valence-electron chi connectivity index (χ0n) is 19.6. The van der Waals surface area contributed by atoms with Crippen molar-refractivity contribution in [2.24, 2.45) is 23.3 Å². The molecule has 0 heterocycles. The van der Waals surface area contributed by atoms with Gasteiger partial charge in [-0.1, -0.05) is 34.1 Å². The molecule has 11 nitrogen and oxygen atoms in total. The Bertz CT molecular complexity index is 615. The zero-order valence-corrected chi connectivity index (χ0v) is 19.6. The summed E-state index contributed by atoms with van der Waals surface area (Å²) in [5.41, 5.74) is 11.3. The highest BCUT2D eigenvalue weighted by Crippen LogP contribution is 2.10. The van der Waals surface area contributed by atoms with Gasteiger partial charge in [-0.25, -0.2) is 4.79 Å². The molecule has 0 aliphatic heterocycles. The number of nitrogens with one attached hydrogen (secondary N) is 3. The number of nitrogens with two attached hydrogens (primary N) is 2. The number of amides is 3. The first-order chi connectivity index (χ1) is 15.0. The number of carboxylic acid groups (broad SMARTS) is 1. The van der Waals surface area contributed by atoms with E-state index >= 15 is 0 Å². The molecule has 0 radical (unpaired) electrons. The van der Waals surface area contributed by atoms with Crippen molar-refractivity contribution >= 4 is 23.7 Å². The molecular weight excluding hydrogens is 418 g/mol. The van der Waals surface area contributed by atoms with Crippen LogP contribution >= 0.6 is 0 Å². The molecule has 5 unspecified atom stereocenters. The summed E-state index contributed by atoms with van der Waals surface area (Å²) in [6.45, 7) is 7.10. The highest BCUT2D eigenvalue weighted by molar-refractivity contribution is 5.94. The Kier molecular flexibility index (Phi) is 14.5. The van der Waals surface area contributed by atoms with Gasteiger partial charge in [0.05, 0.1) is 12.6 Å². The van der Waals surface area contributed by atoms with Crippen molar-refractivity contribution in [2.45, 2.75) is 84.0 Å². The molecule has 0 bridgehead atoms. The number of carboxylic acids is 1. The molecule has 0 spiro atoms. The summed E-state index contributed by atoms with van der Waals surface area (Å²) in [5, 5.41) is 26.4. The van der Waals surface area contributed by atoms with Gasteiger partial charge in [0, 0.05) is 0 Å². The summed E-state index contributed by atoms with van der Waals surface area (Å²) in [6.07, 6.45) is 2.30. The van der Waals surface area contributed by atoms with Crippen LogP contribution in [0.5, 0.6) is 0 Å². The van der Waals surface area contributed by atoms with Crippen molar-refractivity contribution in [3.05, 3.63) is 0 Å². The van der Waals surface area contributed by atoms with E-state index in [1.54, 1.807) is 6.92 Å². The smallest absolute Gasteiger partial charge is 0.326 e.